The Balaban J connectivity index is 2.05. The summed E-state index contributed by atoms with van der Waals surface area (Å²) < 4.78 is 0. The van der Waals surface area contributed by atoms with Crippen molar-refractivity contribution in [1.29, 1.82) is 0 Å². The van der Waals surface area contributed by atoms with Gasteiger partial charge < -0.3 is 10.6 Å². The average Bonchev–Trinajstić information content (AvgIpc) is 2.87. The second kappa shape index (κ2) is 5.50. The van der Waals surface area contributed by atoms with Gasteiger partial charge in [0.05, 0.1) is 0 Å². The molecule has 1 aliphatic carbocycles. The van der Waals surface area contributed by atoms with Crippen molar-refractivity contribution >= 4 is 5.91 Å². The van der Waals surface area contributed by atoms with Crippen LogP contribution in [0, 0.1) is 0 Å². The maximum absolute atomic E-state index is 11.4. The van der Waals surface area contributed by atoms with Crippen LogP contribution in [0.2, 0.25) is 0 Å². The Labute approximate surface area is 93.0 Å². The van der Waals surface area contributed by atoms with E-state index >= 15 is 0 Å². The molecule has 0 aromatic rings. The number of nitrogens with one attached hydrogen (secondary N) is 2. The van der Waals surface area contributed by atoms with Crippen LogP contribution in [0.1, 0.15) is 52.9 Å². The maximum Gasteiger partial charge on any atom is 0.221 e. The van der Waals surface area contributed by atoms with Gasteiger partial charge in [0.15, 0.2) is 0 Å². The van der Waals surface area contributed by atoms with Crippen molar-refractivity contribution in [1.82, 2.24) is 10.6 Å². The number of amides is 1. The smallest absolute Gasteiger partial charge is 0.221 e. The van der Waals surface area contributed by atoms with Crippen LogP contribution < -0.4 is 10.6 Å². The third kappa shape index (κ3) is 5.78. The Morgan fingerprint density at radius 3 is 2.60 bits per heavy atom. The van der Waals surface area contributed by atoms with Crippen molar-refractivity contribution in [2.24, 2.45) is 0 Å². The van der Waals surface area contributed by atoms with E-state index in [1.807, 2.05) is 0 Å². The van der Waals surface area contributed by atoms with E-state index in [2.05, 4.69) is 31.4 Å². The summed E-state index contributed by atoms with van der Waals surface area (Å²) in [6.07, 6.45) is 5.26. The molecular weight excluding hydrogens is 188 g/mol. The molecule has 0 atom stereocenters. The third-order valence-electron chi connectivity index (χ3n) is 2.77. The van der Waals surface area contributed by atoms with Gasteiger partial charge in [0.2, 0.25) is 5.91 Å². The molecule has 0 aromatic heterocycles. The van der Waals surface area contributed by atoms with Gasteiger partial charge >= 0.3 is 0 Å². The zero-order valence-electron chi connectivity index (χ0n) is 10.2. The fraction of sp³-hybridized carbons (Fsp3) is 0.917. The first kappa shape index (κ1) is 12.5. The summed E-state index contributed by atoms with van der Waals surface area (Å²) >= 11 is 0. The number of carbonyl (C=O) groups excluding carboxylic acids is 1. The van der Waals surface area contributed by atoms with E-state index in [0.29, 0.717) is 12.5 Å². The first-order chi connectivity index (χ1) is 7.03. The zero-order valence-corrected chi connectivity index (χ0v) is 10.2. The van der Waals surface area contributed by atoms with Gasteiger partial charge in [-0.25, -0.2) is 0 Å². The Morgan fingerprint density at radius 2 is 2.07 bits per heavy atom. The number of carbonyl (C=O) groups is 1. The molecule has 0 aliphatic heterocycles. The third-order valence-corrected chi connectivity index (χ3v) is 2.77. The highest BCUT2D eigenvalue weighted by atomic mass is 16.1. The van der Waals surface area contributed by atoms with Gasteiger partial charge in [-0.3, -0.25) is 4.79 Å². The lowest BCUT2D eigenvalue weighted by Gasteiger charge is -2.25. The molecule has 0 unspecified atom stereocenters. The van der Waals surface area contributed by atoms with Gasteiger partial charge in [0.25, 0.3) is 0 Å². The summed E-state index contributed by atoms with van der Waals surface area (Å²) in [7, 11) is 0. The fourth-order valence-electron chi connectivity index (χ4n) is 1.76. The van der Waals surface area contributed by atoms with Crippen LogP contribution in [0.5, 0.6) is 0 Å². The minimum absolute atomic E-state index is 0.161. The van der Waals surface area contributed by atoms with Crippen molar-refractivity contribution in [3.8, 4) is 0 Å². The molecule has 1 saturated carbocycles. The minimum atomic E-state index is 0.161. The molecule has 1 aliphatic rings. The molecule has 0 saturated heterocycles. The minimum Gasteiger partial charge on any atom is -0.353 e. The average molecular weight is 212 g/mol. The van der Waals surface area contributed by atoms with Crippen molar-refractivity contribution < 1.29 is 4.79 Å². The lowest BCUT2D eigenvalue weighted by molar-refractivity contribution is -0.121. The summed E-state index contributed by atoms with van der Waals surface area (Å²) in [4.78, 5) is 11.4. The predicted molar refractivity (Wildman–Crippen MR) is 62.8 cm³/mol. The maximum atomic E-state index is 11.4. The van der Waals surface area contributed by atoms with Crippen LogP contribution in [0.3, 0.4) is 0 Å². The number of rotatable bonds is 7. The van der Waals surface area contributed by atoms with Gasteiger partial charge in [-0.05, 0) is 33.1 Å². The molecule has 0 spiro atoms. The molecule has 1 rings (SSSR count). The summed E-state index contributed by atoms with van der Waals surface area (Å²) in [5.41, 5.74) is 0.161. The van der Waals surface area contributed by atoms with Crippen LogP contribution in [0.25, 0.3) is 0 Å². The lowest BCUT2D eigenvalue weighted by atomic mass is 9.99. The van der Waals surface area contributed by atoms with Gasteiger partial charge in [0, 0.05) is 24.5 Å². The second-order valence-corrected chi connectivity index (χ2v) is 5.15. The van der Waals surface area contributed by atoms with E-state index in [1.165, 1.54) is 19.3 Å². The van der Waals surface area contributed by atoms with E-state index in [9.17, 15) is 4.79 Å². The number of hydrogen-bond donors (Lipinski definition) is 2. The molecule has 88 valence electrons. The first-order valence-corrected chi connectivity index (χ1v) is 6.08. The van der Waals surface area contributed by atoms with Gasteiger partial charge in [-0.2, -0.15) is 0 Å². The molecule has 3 heteroatoms. The van der Waals surface area contributed by atoms with E-state index in [0.717, 1.165) is 13.0 Å². The van der Waals surface area contributed by atoms with E-state index in [-0.39, 0.29) is 11.4 Å². The van der Waals surface area contributed by atoms with Gasteiger partial charge in [-0.1, -0.05) is 13.3 Å². The summed E-state index contributed by atoms with van der Waals surface area (Å²) in [5, 5.41) is 6.42. The Kier molecular flexibility index (Phi) is 4.58. The van der Waals surface area contributed by atoms with Gasteiger partial charge in [-0.15, -0.1) is 0 Å². The van der Waals surface area contributed by atoms with Crippen LogP contribution in [0.15, 0.2) is 0 Å². The standard InChI is InChI=1S/C12H24N2O/c1-4-8-12(2,3)13-9-7-11(15)14-10-5-6-10/h10,13H,4-9H2,1-3H3,(H,14,15). The monoisotopic (exact) mass is 212 g/mol. The van der Waals surface area contributed by atoms with Crippen LogP contribution >= 0.6 is 0 Å². The molecule has 0 aromatic carbocycles. The summed E-state index contributed by atoms with van der Waals surface area (Å²) in [6.45, 7) is 7.35. The highest BCUT2D eigenvalue weighted by Gasteiger charge is 2.23. The molecule has 0 heterocycles. The topological polar surface area (TPSA) is 41.1 Å². The zero-order chi connectivity index (χ0) is 11.3. The molecule has 1 amide bonds. The lowest BCUT2D eigenvalue weighted by Crippen LogP contribution is -2.41. The van der Waals surface area contributed by atoms with Crippen LogP contribution in [-0.4, -0.2) is 24.0 Å². The molecule has 1 fully saturated rings. The summed E-state index contributed by atoms with van der Waals surface area (Å²) in [5.74, 6) is 0.192. The highest BCUT2D eigenvalue weighted by Crippen LogP contribution is 2.18. The fourth-order valence-corrected chi connectivity index (χ4v) is 1.76. The molecular formula is C12H24N2O. The SMILES string of the molecule is CCCC(C)(C)NCCC(=O)NC1CC1. The highest BCUT2D eigenvalue weighted by molar-refractivity contribution is 5.76. The normalized spacial score (nSPS) is 16.5. The Morgan fingerprint density at radius 1 is 1.40 bits per heavy atom. The van der Waals surface area contributed by atoms with Crippen molar-refractivity contribution in [2.75, 3.05) is 6.54 Å². The molecule has 0 radical (unpaired) electrons. The van der Waals surface area contributed by atoms with E-state index in [4.69, 9.17) is 0 Å². The molecule has 15 heavy (non-hydrogen) atoms. The largest absolute Gasteiger partial charge is 0.353 e. The Hall–Kier alpha value is -0.570. The summed E-state index contributed by atoms with van der Waals surface area (Å²) in [6, 6.07) is 0.487. The van der Waals surface area contributed by atoms with Crippen molar-refractivity contribution in [2.45, 2.75) is 64.5 Å². The van der Waals surface area contributed by atoms with Crippen LogP contribution in [0.4, 0.5) is 0 Å². The Bertz CT molecular complexity index is 210. The molecule has 3 nitrogen and oxygen atoms in total. The van der Waals surface area contributed by atoms with Crippen molar-refractivity contribution in [3.63, 3.8) is 0 Å². The van der Waals surface area contributed by atoms with Gasteiger partial charge in [0.1, 0.15) is 0 Å². The molecule has 2 N–H and O–H groups in total. The van der Waals surface area contributed by atoms with E-state index < -0.39 is 0 Å². The predicted octanol–water partition coefficient (Wildman–Crippen LogP) is 1.82. The molecule has 0 bridgehead atoms. The quantitative estimate of drug-likeness (QED) is 0.676. The first-order valence-electron chi connectivity index (χ1n) is 6.08. The number of hydrogen-bond acceptors (Lipinski definition) is 2. The van der Waals surface area contributed by atoms with Crippen LogP contribution in [-0.2, 0) is 4.79 Å². The second-order valence-electron chi connectivity index (χ2n) is 5.15. The van der Waals surface area contributed by atoms with E-state index in [1.54, 1.807) is 0 Å². The van der Waals surface area contributed by atoms with Crippen molar-refractivity contribution in [3.05, 3.63) is 0 Å².